The fourth-order valence-corrected chi connectivity index (χ4v) is 2.68. The fourth-order valence-electron chi connectivity index (χ4n) is 1.81. The van der Waals surface area contributed by atoms with Crippen LogP contribution in [0.25, 0.3) is 6.08 Å². The van der Waals surface area contributed by atoms with E-state index in [4.69, 9.17) is 9.47 Å². The van der Waals surface area contributed by atoms with E-state index in [-0.39, 0.29) is 0 Å². The number of hydrogen-bond acceptors (Lipinski definition) is 4. The highest BCUT2D eigenvalue weighted by molar-refractivity contribution is 7.95. The average molecular weight is 319 g/mol. The van der Waals surface area contributed by atoms with E-state index in [0.29, 0.717) is 17.2 Å². The molecule has 0 spiro atoms. The smallest absolute Gasteiger partial charge is 0.255 e. The molecule has 0 saturated carbocycles. The maximum absolute atomic E-state index is 12.1. The van der Waals surface area contributed by atoms with Crippen molar-refractivity contribution in [1.29, 1.82) is 0 Å². The number of benzene rings is 2. The molecular weight excluding hydrogens is 302 g/mol. The minimum Gasteiger partial charge on any atom is -0.497 e. The van der Waals surface area contributed by atoms with E-state index in [9.17, 15) is 8.42 Å². The Bertz CT molecular complexity index is 755. The number of sulfonamides is 1. The van der Waals surface area contributed by atoms with Gasteiger partial charge in [-0.1, -0.05) is 30.3 Å². The van der Waals surface area contributed by atoms with Crippen molar-refractivity contribution in [1.82, 2.24) is 0 Å². The second-order valence-electron chi connectivity index (χ2n) is 4.43. The number of methoxy groups -OCH3 is 2. The zero-order valence-corrected chi connectivity index (χ0v) is 13.1. The summed E-state index contributed by atoms with van der Waals surface area (Å²) >= 11 is 0. The Morgan fingerprint density at radius 1 is 1.00 bits per heavy atom. The van der Waals surface area contributed by atoms with E-state index >= 15 is 0 Å². The normalized spacial score (nSPS) is 11.4. The highest BCUT2D eigenvalue weighted by Crippen LogP contribution is 2.29. The lowest BCUT2D eigenvalue weighted by Gasteiger charge is -2.11. The Morgan fingerprint density at radius 3 is 2.36 bits per heavy atom. The predicted molar refractivity (Wildman–Crippen MR) is 87.6 cm³/mol. The Labute approximate surface area is 130 Å². The molecule has 116 valence electrons. The van der Waals surface area contributed by atoms with Gasteiger partial charge in [0.2, 0.25) is 0 Å². The third kappa shape index (κ3) is 4.26. The Morgan fingerprint density at radius 2 is 1.73 bits per heavy atom. The minimum atomic E-state index is -3.66. The summed E-state index contributed by atoms with van der Waals surface area (Å²) in [7, 11) is -0.676. The fraction of sp³-hybridized carbons (Fsp3) is 0.125. The molecular formula is C16H17NO4S. The molecule has 0 amide bonds. The molecule has 0 aromatic heterocycles. The van der Waals surface area contributed by atoms with Crippen molar-refractivity contribution in [3.63, 3.8) is 0 Å². The third-order valence-electron chi connectivity index (χ3n) is 2.90. The van der Waals surface area contributed by atoms with Gasteiger partial charge in [0.25, 0.3) is 10.0 Å². The van der Waals surface area contributed by atoms with Gasteiger partial charge >= 0.3 is 0 Å². The zero-order valence-electron chi connectivity index (χ0n) is 12.3. The van der Waals surface area contributed by atoms with Gasteiger partial charge in [-0.15, -0.1) is 0 Å². The summed E-state index contributed by atoms with van der Waals surface area (Å²) in [6.45, 7) is 0. The van der Waals surface area contributed by atoms with Gasteiger partial charge in [-0.3, -0.25) is 4.72 Å². The van der Waals surface area contributed by atoms with Crippen LogP contribution in [0.4, 0.5) is 5.69 Å². The Kier molecular flexibility index (Phi) is 5.06. The lowest BCUT2D eigenvalue weighted by atomic mass is 10.2. The zero-order chi connectivity index (χ0) is 16.0. The van der Waals surface area contributed by atoms with Crippen LogP contribution in [0.2, 0.25) is 0 Å². The monoisotopic (exact) mass is 319 g/mol. The molecule has 0 fully saturated rings. The molecule has 0 unspecified atom stereocenters. The van der Waals surface area contributed by atoms with Crippen LogP contribution in [-0.2, 0) is 10.0 Å². The summed E-state index contributed by atoms with van der Waals surface area (Å²) in [5.74, 6) is 0.947. The summed E-state index contributed by atoms with van der Waals surface area (Å²) in [4.78, 5) is 0. The topological polar surface area (TPSA) is 64.6 Å². The molecule has 0 aliphatic rings. The number of hydrogen-bond donors (Lipinski definition) is 1. The summed E-state index contributed by atoms with van der Waals surface area (Å²) < 4.78 is 37.0. The summed E-state index contributed by atoms with van der Waals surface area (Å²) in [5.41, 5.74) is 1.12. The van der Waals surface area contributed by atoms with Gasteiger partial charge in [-0.2, -0.15) is 0 Å². The molecule has 2 aromatic rings. The van der Waals surface area contributed by atoms with Crippen LogP contribution >= 0.6 is 0 Å². The van der Waals surface area contributed by atoms with E-state index < -0.39 is 10.0 Å². The van der Waals surface area contributed by atoms with Gasteiger partial charge in [-0.25, -0.2) is 8.42 Å². The molecule has 22 heavy (non-hydrogen) atoms. The molecule has 0 saturated heterocycles. The van der Waals surface area contributed by atoms with E-state index in [2.05, 4.69) is 4.72 Å². The van der Waals surface area contributed by atoms with E-state index in [1.165, 1.54) is 20.3 Å². The van der Waals surface area contributed by atoms with Crippen LogP contribution in [-0.4, -0.2) is 22.6 Å². The predicted octanol–water partition coefficient (Wildman–Crippen LogP) is 3.12. The lowest BCUT2D eigenvalue weighted by molar-refractivity contribution is 0.405. The van der Waals surface area contributed by atoms with Gasteiger partial charge in [0.05, 0.1) is 25.3 Å². The highest BCUT2D eigenvalue weighted by Gasteiger charge is 2.11. The maximum Gasteiger partial charge on any atom is 0.255 e. The first-order valence-corrected chi connectivity index (χ1v) is 8.06. The second kappa shape index (κ2) is 7.00. The molecule has 6 heteroatoms. The summed E-state index contributed by atoms with van der Waals surface area (Å²) in [6, 6.07) is 14.1. The molecule has 0 bridgehead atoms. The molecule has 0 radical (unpaired) electrons. The average Bonchev–Trinajstić information content (AvgIpc) is 2.53. The van der Waals surface area contributed by atoms with Crippen LogP contribution < -0.4 is 14.2 Å². The molecule has 2 aromatic carbocycles. The molecule has 1 N–H and O–H groups in total. The SMILES string of the molecule is COc1ccc(OC)c(NS(=O)(=O)/C=C/c2ccccc2)c1. The summed E-state index contributed by atoms with van der Waals surface area (Å²) in [5, 5.41) is 1.11. The van der Waals surface area contributed by atoms with Crippen LogP contribution in [0.15, 0.2) is 53.9 Å². The molecule has 0 atom stereocenters. The van der Waals surface area contributed by atoms with Crippen molar-refractivity contribution in [2.45, 2.75) is 0 Å². The van der Waals surface area contributed by atoms with Crippen molar-refractivity contribution in [2.24, 2.45) is 0 Å². The first kappa shape index (κ1) is 15.9. The van der Waals surface area contributed by atoms with Gasteiger partial charge in [-0.05, 0) is 23.8 Å². The van der Waals surface area contributed by atoms with Crippen LogP contribution in [0.3, 0.4) is 0 Å². The van der Waals surface area contributed by atoms with Gasteiger partial charge in [0.15, 0.2) is 0 Å². The van der Waals surface area contributed by atoms with Crippen LogP contribution in [0.1, 0.15) is 5.56 Å². The summed E-state index contributed by atoms with van der Waals surface area (Å²) in [6.07, 6.45) is 1.52. The van der Waals surface area contributed by atoms with Crippen LogP contribution in [0, 0.1) is 0 Å². The van der Waals surface area contributed by atoms with E-state index in [1.807, 2.05) is 30.3 Å². The molecule has 0 aliphatic carbocycles. The number of anilines is 1. The van der Waals surface area contributed by atoms with Crippen molar-refractivity contribution in [2.75, 3.05) is 18.9 Å². The minimum absolute atomic E-state index is 0.319. The molecule has 0 heterocycles. The standard InChI is InChI=1S/C16H17NO4S/c1-20-14-8-9-16(21-2)15(12-14)17-22(18,19)11-10-13-6-4-3-5-7-13/h3-12,17H,1-2H3/b11-10+. The largest absolute Gasteiger partial charge is 0.497 e. The number of nitrogens with one attached hydrogen (secondary N) is 1. The van der Waals surface area contributed by atoms with Crippen molar-refractivity contribution >= 4 is 21.8 Å². The second-order valence-corrected chi connectivity index (χ2v) is 5.99. The Hall–Kier alpha value is -2.47. The van der Waals surface area contributed by atoms with Gasteiger partial charge < -0.3 is 9.47 Å². The lowest BCUT2D eigenvalue weighted by Crippen LogP contribution is -2.10. The quantitative estimate of drug-likeness (QED) is 0.888. The van der Waals surface area contributed by atoms with Crippen LogP contribution in [0.5, 0.6) is 11.5 Å². The van der Waals surface area contributed by atoms with Crippen molar-refractivity contribution < 1.29 is 17.9 Å². The first-order valence-electron chi connectivity index (χ1n) is 6.52. The van der Waals surface area contributed by atoms with E-state index in [0.717, 1.165) is 11.0 Å². The molecule has 5 nitrogen and oxygen atoms in total. The highest BCUT2D eigenvalue weighted by atomic mass is 32.2. The van der Waals surface area contributed by atoms with Crippen molar-refractivity contribution in [3.8, 4) is 11.5 Å². The van der Waals surface area contributed by atoms with Gasteiger partial charge in [0, 0.05) is 6.07 Å². The van der Waals surface area contributed by atoms with E-state index in [1.54, 1.807) is 18.2 Å². The number of rotatable bonds is 6. The molecule has 2 rings (SSSR count). The third-order valence-corrected chi connectivity index (χ3v) is 3.90. The Balaban J connectivity index is 2.23. The molecule has 0 aliphatic heterocycles. The number of ether oxygens (including phenoxy) is 2. The van der Waals surface area contributed by atoms with Gasteiger partial charge in [0.1, 0.15) is 11.5 Å². The first-order chi connectivity index (χ1) is 10.5. The maximum atomic E-state index is 12.1. The van der Waals surface area contributed by atoms with Crippen molar-refractivity contribution in [3.05, 3.63) is 59.5 Å².